The van der Waals surface area contributed by atoms with Crippen LogP contribution in [0.3, 0.4) is 0 Å². The topological polar surface area (TPSA) is 81.9 Å². The van der Waals surface area contributed by atoms with Crippen molar-refractivity contribution in [2.24, 2.45) is 0 Å². The molecule has 0 saturated heterocycles. The molecule has 0 aliphatic heterocycles. The minimum atomic E-state index is -0.192. The minimum Gasteiger partial charge on any atom is -0.383 e. The molecule has 1 heterocycles. The molecule has 27 heavy (non-hydrogen) atoms. The summed E-state index contributed by atoms with van der Waals surface area (Å²) in [5.41, 5.74) is 3.01. The van der Waals surface area contributed by atoms with E-state index in [4.69, 9.17) is 16.3 Å². The van der Waals surface area contributed by atoms with Crippen LogP contribution in [0.15, 0.2) is 42.5 Å². The second-order valence-electron chi connectivity index (χ2n) is 6.24. The number of aromatic nitrogens is 4. The van der Waals surface area contributed by atoms with Gasteiger partial charge < -0.3 is 10.1 Å². The third kappa shape index (κ3) is 4.50. The Bertz CT molecular complexity index is 940. The predicted molar refractivity (Wildman–Crippen MR) is 103 cm³/mol. The fourth-order valence-electron chi connectivity index (χ4n) is 2.74. The van der Waals surface area contributed by atoms with E-state index in [9.17, 15) is 4.79 Å². The van der Waals surface area contributed by atoms with Crippen LogP contribution in [0.2, 0.25) is 5.02 Å². The highest BCUT2D eigenvalue weighted by atomic mass is 35.5. The van der Waals surface area contributed by atoms with Gasteiger partial charge >= 0.3 is 0 Å². The number of carbonyl (C=O) groups is 1. The average Bonchev–Trinajstić information content (AvgIpc) is 3.08. The molecule has 3 aromatic rings. The number of rotatable bonds is 6. The summed E-state index contributed by atoms with van der Waals surface area (Å²) in [6.07, 6.45) is 0. The Morgan fingerprint density at radius 2 is 1.96 bits per heavy atom. The van der Waals surface area contributed by atoms with Gasteiger partial charge in [-0.25, -0.2) is 0 Å². The summed E-state index contributed by atoms with van der Waals surface area (Å²) in [7, 11) is 1.60. The number of nitrogens with zero attached hydrogens (tertiary/aromatic N) is 4. The molecule has 7 nitrogen and oxygen atoms in total. The van der Waals surface area contributed by atoms with Gasteiger partial charge in [-0.05, 0) is 65.7 Å². The number of benzene rings is 2. The third-order valence-corrected chi connectivity index (χ3v) is 4.27. The molecular formula is C19H20ClN5O2. The lowest BCUT2D eigenvalue weighted by atomic mass is 10.0. The molecule has 140 valence electrons. The lowest BCUT2D eigenvalue weighted by Crippen LogP contribution is -2.35. The third-order valence-electron chi connectivity index (χ3n) is 4.02. The second-order valence-corrected chi connectivity index (χ2v) is 6.68. The molecule has 0 radical (unpaired) electrons. The highest BCUT2D eigenvalue weighted by Gasteiger charge is 2.15. The van der Waals surface area contributed by atoms with Crippen molar-refractivity contribution >= 4 is 17.5 Å². The maximum atomic E-state index is 12.7. The van der Waals surface area contributed by atoms with Gasteiger partial charge in [0.25, 0.3) is 5.91 Å². The van der Waals surface area contributed by atoms with E-state index < -0.39 is 0 Å². The van der Waals surface area contributed by atoms with Crippen LogP contribution in [0.1, 0.15) is 23.1 Å². The first-order chi connectivity index (χ1) is 13.0. The fraction of sp³-hybridized carbons (Fsp3) is 0.263. The highest BCUT2D eigenvalue weighted by Crippen LogP contribution is 2.26. The zero-order valence-electron chi connectivity index (χ0n) is 15.3. The molecule has 0 aliphatic carbocycles. The number of tetrazole rings is 1. The molecule has 3 rings (SSSR count). The van der Waals surface area contributed by atoms with Crippen LogP contribution in [-0.4, -0.2) is 45.9 Å². The Morgan fingerprint density at radius 1 is 1.22 bits per heavy atom. The monoisotopic (exact) mass is 385 g/mol. The molecule has 1 unspecified atom stereocenters. The maximum Gasteiger partial charge on any atom is 0.251 e. The van der Waals surface area contributed by atoms with Crippen molar-refractivity contribution in [2.45, 2.75) is 19.9 Å². The molecule has 0 spiro atoms. The number of methoxy groups -OCH3 is 1. The van der Waals surface area contributed by atoms with E-state index in [0.717, 1.165) is 11.1 Å². The van der Waals surface area contributed by atoms with Crippen molar-refractivity contribution in [2.75, 3.05) is 13.7 Å². The van der Waals surface area contributed by atoms with Crippen molar-refractivity contribution in [3.63, 3.8) is 0 Å². The number of nitrogens with one attached hydrogen (secondary N) is 1. The van der Waals surface area contributed by atoms with E-state index in [1.165, 1.54) is 0 Å². The van der Waals surface area contributed by atoms with Crippen LogP contribution in [-0.2, 0) is 4.74 Å². The minimum absolute atomic E-state index is 0.111. The zero-order chi connectivity index (χ0) is 19.4. The average molecular weight is 386 g/mol. The number of amides is 1. The van der Waals surface area contributed by atoms with Crippen LogP contribution in [0.25, 0.3) is 16.8 Å². The van der Waals surface area contributed by atoms with Gasteiger partial charge in [0.15, 0.2) is 5.82 Å². The first-order valence-electron chi connectivity index (χ1n) is 8.44. The number of ether oxygens (including phenoxy) is 1. The first-order valence-corrected chi connectivity index (χ1v) is 8.82. The SMILES string of the molecule is COCC(C)NC(=O)c1cc(-c2ccc(Cl)cc2)cc(-n2nnnc2C)c1. The number of hydrogen-bond acceptors (Lipinski definition) is 5. The summed E-state index contributed by atoms with van der Waals surface area (Å²) in [4.78, 5) is 12.7. The van der Waals surface area contributed by atoms with Crippen molar-refractivity contribution in [1.29, 1.82) is 0 Å². The van der Waals surface area contributed by atoms with Gasteiger partial charge in [0.05, 0.1) is 12.3 Å². The largest absolute Gasteiger partial charge is 0.383 e. The summed E-state index contributed by atoms with van der Waals surface area (Å²) in [5, 5.41) is 15.2. The van der Waals surface area contributed by atoms with Gasteiger partial charge in [-0.1, -0.05) is 23.7 Å². The number of carbonyl (C=O) groups excluding carboxylic acids is 1. The number of aryl methyl sites for hydroxylation is 1. The van der Waals surface area contributed by atoms with E-state index in [1.807, 2.05) is 43.3 Å². The first kappa shape index (κ1) is 19.0. The second kappa shape index (κ2) is 8.28. The predicted octanol–water partition coefficient (Wildman–Crippen LogP) is 3.06. The van der Waals surface area contributed by atoms with E-state index in [1.54, 1.807) is 24.8 Å². The lowest BCUT2D eigenvalue weighted by Gasteiger charge is -2.15. The van der Waals surface area contributed by atoms with Crippen molar-refractivity contribution in [3.05, 3.63) is 58.9 Å². The van der Waals surface area contributed by atoms with Crippen LogP contribution >= 0.6 is 11.6 Å². The van der Waals surface area contributed by atoms with Gasteiger partial charge in [0.2, 0.25) is 0 Å². The maximum absolute atomic E-state index is 12.7. The quantitative estimate of drug-likeness (QED) is 0.705. The van der Waals surface area contributed by atoms with E-state index in [-0.39, 0.29) is 11.9 Å². The summed E-state index contributed by atoms with van der Waals surface area (Å²) in [6, 6.07) is 12.9. The molecule has 1 N–H and O–H groups in total. The van der Waals surface area contributed by atoms with E-state index in [0.29, 0.717) is 28.7 Å². The molecule has 0 fully saturated rings. The van der Waals surface area contributed by atoms with E-state index >= 15 is 0 Å². The Morgan fingerprint density at radius 3 is 2.59 bits per heavy atom. The summed E-state index contributed by atoms with van der Waals surface area (Å²) in [6.45, 7) is 4.12. The van der Waals surface area contributed by atoms with Crippen molar-refractivity contribution in [1.82, 2.24) is 25.5 Å². The molecule has 1 aromatic heterocycles. The Labute approximate surface area is 162 Å². The van der Waals surface area contributed by atoms with Gasteiger partial charge in [-0.3, -0.25) is 4.79 Å². The van der Waals surface area contributed by atoms with Crippen molar-refractivity contribution in [3.8, 4) is 16.8 Å². The summed E-state index contributed by atoms with van der Waals surface area (Å²) in [5.74, 6) is 0.435. The van der Waals surface area contributed by atoms with Crippen LogP contribution in [0.4, 0.5) is 0 Å². The molecule has 8 heteroatoms. The van der Waals surface area contributed by atoms with Crippen LogP contribution in [0, 0.1) is 6.92 Å². The highest BCUT2D eigenvalue weighted by molar-refractivity contribution is 6.30. The van der Waals surface area contributed by atoms with E-state index in [2.05, 4.69) is 20.8 Å². The van der Waals surface area contributed by atoms with Crippen LogP contribution in [0.5, 0.6) is 0 Å². The molecule has 0 aliphatic rings. The molecule has 0 bridgehead atoms. The normalized spacial score (nSPS) is 12.0. The zero-order valence-corrected chi connectivity index (χ0v) is 16.1. The van der Waals surface area contributed by atoms with Gasteiger partial charge in [-0.2, -0.15) is 4.68 Å². The number of halogens is 1. The molecule has 1 amide bonds. The number of hydrogen-bond donors (Lipinski definition) is 1. The lowest BCUT2D eigenvalue weighted by molar-refractivity contribution is 0.0905. The Kier molecular flexibility index (Phi) is 5.83. The molecule has 2 aromatic carbocycles. The smallest absolute Gasteiger partial charge is 0.251 e. The Hall–Kier alpha value is -2.77. The van der Waals surface area contributed by atoms with Gasteiger partial charge in [0, 0.05) is 23.7 Å². The van der Waals surface area contributed by atoms with Crippen molar-refractivity contribution < 1.29 is 9.53 Å². The Balaban J connectivity index is 2.04. The summed E-state index contributed by atoms with van der Waals surface area (Å²) < 4.78 is 6.68. The van der Waals surface area contributed by atoms with Gasteiger partial charge in [-0.15, -0.1) is 5.10 Å². The molecule has 0 saturated carbocycles. The standard InChI is InChI=1S/C19H20ClN5O2/c1-12(11-27-3)21-19(26)16-8-15(14-4-6-17(20)7-5-14)9-18(10-16)25-13(2)22-23-24-25/h4-10,12H,11H2,1-3H3,(H,21,26). The fourth-order valence-corrected chi connectivity index (χ4v) is 2.87. The van der Waals surface area contributed by atoms with Crippen LogP contribution < -0.4 is 5.32 Å². The molecule has 1 atom stereocenters. The molecular weight excluding hydrogens is 366 g/mol. The summed E-state index contributed by atoms with van der Waals surface area (Å²) >= 11 is 5.99. The van der Waals surface area contributed by atoms with Gasteiger partial charge in [0.1, 0.15) is 0 Å².